The molecule has 17 aromatic rings. The number of rotatable bonds is 10. The number of aromatic nitrogens is 8. The molecule has 0 radical (unpaired) electrons. The van der Waals surface area contributed by atoms with Gasteiger partial charge in [0.05, 0.1) is 22.1 Å². The van der Waals surface area contributed by atoms with Crippen LogP contribution in [0.5, 0.6) is 0 Å². The fraction of sp³-hybridized carbons (Fsp3) is 0.0233. The molecular weight excluding hydrogens is 1150 g/mol. The summed E-state index contributed by atoms with van der Waals surface area (Å²) < 4.78 is 4.66. The molecule has 438 valence electrons. The van der Waals surface area contributed by atoms with Crippen LogP contribution < -0.4 is 0 Å². The van der Waals surface area contributed by atoms with Crippen molar-refractivity contribution in [3.8, 4) is 102 Å². The second-order valence-electron chi connectivity index (χ2n) is 24.5. The lowest BCUT2D eigenvalue weighted by atomic mass is 9.60. The maximum Gasteiger partial charge on any atom is 0.164 e. The standard InChI is InChI=1S/C86H54N8/c1-3-19-55(20-4-1)81-87-83(91-85(89-81)61-23-17-25-63(49-61)93-75-33-13-9-27-65(75)66-28-10-14-34-76(66)93)57-41-37-53(38-42-57)59-45-47-71-73(51-59)79-69-31-7-8-32-70(69)80(71)74-52-60(46-48-72(74)79)54-39-43-58(44-40-54)84-88-82(56-21-5-2-6-22-56)90-86(92-84)62-24-18-26-64(50-62)94-77-35-15-11-29-67(77)68-30-12-16-36-78(68)94/h1-52,79-80H. The van der Waals surface area contributed by atoms with E-state index in [1.807, 2.05) is 36.4 Å². The van der Waals surface area contributed by atoms with Crippen LogP contribution in [-0.2, 0) is 0 Å². The Balaban J connectivity index is 0.633. The van der Waals surface area contributed by atoms with Crippen molar-refractivity contribution < 1.29 is 0 Å². The predicted octanol–water partition coefficient (Wildman–Crippen LogP) is 20.6. The third kappa shape index (κ3) is 8.75. The molecule has 8 nitrogen and oxygen atoms in total. The van der Waals surface area contributed by atoms with E-state index in [1.54, 1.807) is 0 Å². The quantitative estimate of drug-likeness (QED) is 0.136. The second kappa shape index (κ2) is 21.6. The Hall–Kier alpha value is -12.5. The first-order valence-corrected chi connectivity index (χ1v) is 32.0. The van der Waals surface area contributed by atoms with Gasteiger partial charge < -0.3 is 9.13 Å². The Bertz CT molecular complexity index is 5400. The minimum atomic E-state index is 0.0925. The Morgan fingerprint density at radius 1 is 0.181 bits per heavy atom. The predicted molar refractivity (Wildman–Crippen MR) is 380 cm³/mol. The molecule has 3 aliphatic rings. The molecule has 2 atom stereocenters. The highest BCUT2D eigenvalue weighted by molar-refractivity contribution is 6.10. The van der Waals surface area contributed by atoms with Gasteiger partial charge in [0.25, 0.3) is 0 Å². The molecule has 4 aromatic heterocycles. The van der Waals surface area contributed by atoms with Gasteiger partial charge in [-0.3, -0.25) is 0 Å². The first kappa shape index (κ1) is 53.3. The second-order valence-corrected chi connectivity index (χ2v) is 24.5. The van der Waals surface area contributed by atoms with Gasteiger partial charge in [-0.05, 0) is 116 Å². The minimum Gasteiger partial charge on any atom is -0.309 e. The largest absolute Gasteiger partial charge is 0.309 e. The lowest BCUT2D eigenvalue weighted by Crippen LogP contribution is -2.27. The minimum absolute atomic E-state index is 0.0925. The van der Waals surface area contributed by atoms with E-state index in [9.17, 15) is 0 Å². The van der Waals surface area contributed by atoms with Gasteiger partial charge in [0.2, 0.25) is 0 Å². The lowest BCUT2D eigenvalue weighted by molar-refractivity contribution is 0.755. The van der Waals surface area contributed by atoms with Crippen molar-refractivity contribution in [1.29, 1.82) is 0 Å². The summed E-state index contributed by atoms with van der Waals surface area (Å²) in [6.07, 6.45) is 0. The number of hydrogen-bond acceptors (Lipinski definition) is 6. The van der Waals surface area contributed by atoms with Crippen molar-refractivity contribution in [2.45, 2.75) is 11.8 Å². The topological polar surface area (TPSA) is 87.2 Å². The number of para-hydroxylation sites is 4. The van der Waals surface area contributed by atoms with E-state index in [0.717, 1.165) is 77.9 Å². The molecule has 0 amide bonds. The van der Waals surface area contributed by atoms with Gasteiger partial charge in [-0.15, -0.1) is 0 Å². The molecule has 13 aromatic carbocycles. The number of hydrogen-bond donors (Lipinski definition) is 0. The number of nitrogens with zero attached hydrogens (tertiary/aromatic N) is 8. The van der Waals surface area contributed by atoms with Gasteiger partial charge in [0, 0.05) is 78.1 Å². The van der Waals surface area contributed by atoms with E-state index in [-0.39, 0.29) is 11.8 Å². The summed E-state index contributed by atoms with van der Waals surface area (Å²) in [7, 11) is 0. The molecule has 2 bridgehead atoms. The van der Waals surface area contributed by atoms with E-state index in [2.05, 4.69) is 288 Å². The first-order chi connectivity index (χ1) is 46.6. The van der Waals surface area contributed by atoms with Crippen LogP contribution in [0.1, 0.15) is 45.2 Å². The molecule has 94 heavy (non-hydrogen) atoms. The van der Waals surface area contributed by atoms with Gasteiger partial charge in [0.1, 0.15) is 0 Å². The summed E-state index contributed by atoms with van der Waals surface area (Å²) in [5.41, 5.74) is 25.0. The Kier molecular flexibility index (Phi) is 12.2. The van der Waals surface area contributed by atoms with Gasteiger partial charge in [0.15, 0.2) is 34.9 Å². The van der Waals surface area contributed by atoms with Crippen LogP contribution in [0.4, 0.5) is 0 Å². The molecule has 0 N–H and O–H groups in total. The third-order valence-corrected chi connectivity index (χ3v) is 19.2. The summed E-state index contributed by atoms with van der Waals surface area (Å²) in [6.45, 7) is 0. The summed E-state index contributed by atoms with van der Waals surface area (Å²) in [5, 5.41) is 4.87. The maximum atomic E-state index is 5.22. The maximum absolute atomic E-state index is 5.22. The number of fused-ring (bicyclic) bond motifs is 6. The lowest BCUT2D eigenvalue weighted by Gasteiger charge is -2.42. The van der Waals surface area contributed by atoms with Crippen LogP contribution in [0.2, 0.25) is 0 Å². The van der Waals surface area contributed by atoms with Crippen molar-refractivity contribution in [3.05, 3.63) is 349 Å². The average molecular weight is 1200 g/mol. The molecule has 8 heteroatoms. The summed E-state index contributed by atoms with van der Waals surface area (Å²) in [5.74, 6) is 3.90. The average Bonchev–Trinajstić information content (AvgIpc) is 1.05. The highest BCUT2D eigenvalue weighted by Gasteiger charge is 2.41. The molecule has 2 unspecified atom stereocenters. The van der Waals surface area contributed by atoms with Crippen LogP contribution in [-0.4, -0.2) is 39.0 Å². The first-order valence-electron chi connectivity index (χ1n) is 32.0. The molecule has 0 spiro atoms. The molecule has 0 saturated heterocycles. The van der Waals surface area contributed by atoms with Crippen molar-refractivity contribution in [3.63, 3.8) is 0 Å². The van der Waals surface area contributed by atoms with Crippen LogP contribution >= 0.6 is 0 Å². The summed E-state index contributed by atoms with van der Waals surface area (Å²) >= 11 is 0. The monoisotopic (exact) mass is 1200 g/mol. The highest BCUT2D eigenvalue weighted by atomic mass is 15.1. The fourth-order valence-corrected chi connectivity index (χ4v) is 14.9. The summed E-state index contributed by atoms with van der Waals surface area (Å²) in [4.78, 5) is 31.0. The van der Waals surface area contributed by atoms with Crippen LogP contribution in [0.25, 0.3) is 146 Å². The fourth-order valence-electron chi connectivity index (χ4n) is 14.9. The zero-order valence-electron chi connectivity index (χ0n) is 50.8. The van der Waals surface area contributed by atoms with Crippen LogP contribution in [0, 0.1) is 0 Å². The zero-order valence-corrected chi connectivity index (χ0v) is 50.8. The Morgan fingerprint density at radius 2 is 0.447 bits per heavy atom. The van der Waals surface area contributed by atoms with Gasteiger partial charge >= 0.3 is 0 Å². The Labute approximate surface area is 542 Å². The van der Waals surface area contributed by atoms with Crippen molar-refractivity contribution in [2.75, 3.05) is 0 Å². The Morgan fingerprint density at radius 3 is 0.809 bits per heavy atom. The molecule has 3 aliphatic carbocycles. The van der Waals surface area contributed by atoms with Crippen molar-refractivity contribution >= 4 is 43.6 Å². The van der Waals surface area contributed by atoms with Crippen LogP contribution in [0.3, 0.4) is 0 Å². The molecule has 20 rings (SSSR count). The smallest absolute Gasteiger partial charge is 0.164 e. The van der Waals surface area contributed by atoms with E-state index in [0.29, 0.717) is 34.9 Å². The molecular formula is C86H54N8. The van der Waals surface area contributed by atoms with E-state index >= 15 is 0 Å². The third-order valence-electron chi connectivity index (χ3n) is 19.2. The molecule has 0 aliphatic heterocycles. The molecule has 0 saturated carbocycles. The zero-order chi connectivity index (χ0) is 61.8. The van der Waals surface area contributed by atoms with E-state index in [1.165, 1.54) is 66.1 Å². The molecule has 0 fully saturated rings. The van der Waals surface area contributed by atoms with Gasteiger partial charge in [-0.25, -0.2) is 29.9 Å². The van der Waals surface area contributed by atoms with Gasteiger partial charge in [-0.1, -0.05) is 255 Å². The normalized spacial score (nSPS) is 13.7. The van der Waals surface area contributed by atoms with Crippen molar-refractivity contribution in [2.24, 2.45) is 0 Å². The number of benzene rings is 13. The molecule has 4 heterocycles. The van der Waals surface area contributed by atoms with Crippen LogP contribution in [0.15, 0.2) is 315 Å². The van der Waals surface area contributed by atoms with E-state index < -0.39 is 0 Å². The highest BCUT2D eigenvalue weighted by Crippen LogP contribution is 2.57. The van der Waals surface area contributed by atoms with E-state index in [4.69, 9.17) is 29.9 Å². The SMILES string of the molecule is c1ccc(-c2nc(-c3ccc(-c4ccc5c(c4)C4c6ccccc6C5c5cc(-c6ccc(-c7nc(-c8ccccc8)nc(-c8cccc(-n9c%10ccccc%10c%10ccccc%109)c8)n7)cc6)ccc54)cc3)nc(-c3cccc(-n4c5ccccc5c5ccccc54)c3)n2)cc1. The summed E-state index contributed by atoms with van der Waals surface area (Å²) in [6, 6.07) is 113. The van der Waals surface area contributed by atoms with Gasteiger partial charge in [-0.2, -0.15) is 0 Å². The van der Waals surface area contributed by atoms with Crippen molar-refractivity contribution in [1.82, 2.24) is 39.0 Å².